The Balaban J connectivity index is 1.84. The number of benzene rings is 1. The minimum Gasteiger partial charge on any atom is -0.451 e. The third-order valence-corrected chi connectivity index (χ3v) is 3.82. The second-order valence-corrected chi connectivity index (χ2v) is 5.64. The van der Waals surface area contributed by atoms with E-state index < -0.39 is 0 Å². The Hall–Kier alpha value is -1.92. The van der Waals surface area contributed by atoms with Crippen molar-refractivity contribution in [3.63, 3.8) is 0 Å². The van der Waals surface area contributed by atoms with Gasteiger partial charge in [-0.3, -0.25) is 4.79 Å². The topological polar surface area (TPSA) is 68.7 Å². The van der Waals surface area contributed by atoms with Gasteiger partial charge in [-0.05, 0) is 25.1 Å². The molecular weight excluding hydrogens is 288 g/mol. The largest absolute Gasteiger partial charge is 0.451 e. The van der Waals surface area contributed by atoms with Crippen LogP contribution < -0.4 is 5.73 Å². The molecule has 5 nitrogen and oxygen atoms in total. The highest BCUT2D eigenvalue weighted by Crippen LogP contribution is 2.22. The van der Waals surface area contributed by atoms with E-state index in [1.54, 1.807) is 11.0 Å². The molecule has 110 valence electrons. The lowest BCUT2D eigenvalue weighted by Gasteiger charge is -2.31. The fourth-order valence-electron chi connectivity index (χ4n) is 2.43. The number of carbonyl (C=O) groups is 1. The van der Waals surface area contributed by atoms with Crippen LogP contribution in [-0.2, 0) is 4.74 Å². The third kappa shape index (κ3) is 2.77. The minimum atomic E-state index is -0.385. The van der Waals surface area contributed by atoms with Crippen LogP contribution in [0.5, 0.6) is 0 Å². The molecule has 1 atom stereocenters. The van der Waals surface area contributed by atoms with E-state index >= 15 is 0 Å². The molecule has 1 unspecified atom stereocenters. The van der Waals surface area contributed by atoms with Crippen LogP contribution in [0.3, 0.4) is 0 Å². The average molecular weight is 304 g/mol. The first-order chi connectivity index (χ1) is 10.0. The maximum absolute atomic E-state index is 12.5. The summed E-state index contributed by atoms with van der Waals surface area (Å²) in [6.07, 6.45) is -0.385. The van der Waals surface area contributed by atoms with Crippen LogP contribution in [0.4, 0.5) is 0 Å². The first kappa shape index (κ1) is 14.0. The quantitative estimate of drug-likeness (QED) is 0.858. The Labute approximate surface area is 127 Å². The lowest BCUT2D eigenvalue weighted by molar-refractivity contribution is 0.00743. The molecule has 21 heavy (non-hydrogen) atoms. The molecule has 1 amide bonds. The monoisotopic (exact) mass is 304 g/mol. The first-order valence-corrected chi connectivity index (χ1v) is 7.16. The van der Waals surface area contributed by atoms with Crippen molar-refractivity contribution in [1.82, 2.24) is 4.90 Å². The van der Waals surface area contributed by atoms with E-state index in [2.05, 4.69) is 0 Å². The summed E-state index contributed by atoms with van der Waals surface area (Å²) in [4.78, 5) is 14.5. The minimum absolute atomic E-state index is 0.159. The Bertz CT molecular complexity index is 710. The number of furan rings is 1. The van der Waals surface area contributed by atoms with Crippen molar-refractivity contribution < 1.29 is 13.9 Å². The van der Waals surface area contributed by atoms with Gasteiger partial charge in [0.15, 0.2) is 5.76 Å². The van der Waals surface area contributed by atoms with Crippen LogP contribution in [-0.4, -0.2) is 41.6 Å². The van der Waals surface area contributed by atoms with Gasteiger partial charge in [-0.2, -0.15) is 0 Å². The number of ether oxygens (including phenoxy) is 1. The molecule has 0 aliphatic carbocycles. The van der Waals surface area contributed by atoms with Gasteiger partial charge in [0.05, 0.1) is 13.2 Å². The SMILES string of the molecule is Cc1ccc2oc(C(=O)N3CCOC(C(N)=S)C3)cc2c1. The normalized spacial score (nSPS) is 18.9. The summed E-state index contributed by atoms with van der Waals surface area (Å²) in [7, 11) is 0. The van der Waals surface area contributed by atoms with E-state index in [9.17, 15) is 4.79 Å². The number of thiocarbonyl (C=S) groups is 1. The average Bonchev–Trinajstić information content (AvgIpc) is 2.89. The molecule has 1 saturated heterocycles. The molecule has 2 heterocycles. The number of rotatable bonds is 2. The van der Waals surface area contributed by atoms with Crippen molar-refractivity contribution in [2.24, 2.45) is 5.73 Å². The van der Waals surface area contributed by atoms with E-state index in [4.69, 9.17) is 27.1 Å². The second-order valence-electron chi connectivity index (χ2n) is 5.16. The van der Waals surface area contributed by atoms with Crippen molar-refractivity contribution in [1.29, 1.82) is 0 Å². The van der Waals surface area contributed by atoms with Crippen molar-refractivity contribution in [2.75, 3.05) is 19.7 Å². The van der Waals surface area contributed by atoms with Gasteiger partial charge in [0, 0.05) is 11.9 Å². The number of fused-ring (bicyclic) bond motifs is 1. The van der Waals surface area contributed by atoms with Gasteiger partial charge >= 0.3 is 0 Å². The number of amides is 1. The van der Waals surface area contributed by atoms with Gasteiger partial charge in [0.25, 0.3) is 5.91 Å². The predicted molar refractivity (Wildman–Crippen MR) is 83.4 cm³/mol. The molecule has 1 aromatic carbocycles. The molecule has 1 aliphatic rings. The smallest absolute Gasteiger partial charge is 0.289 e. The summed E-state index contributed by atoms with van der Waals surface area (Å²) in [6, 6.07) is 7.60. The molecule has 1 aromatic heterocycles. The van der Waals surface area contributed by atoms with Crippen molar-refractivity contribution in [3.05, 3.63) is 35.6 Å². The molecule has 0 spiro atoms. The van der Waals surface area contributed by atoms with Crippen LogP contribution in [0.15, 0.2) is 28.7 Å². The van der Waals surface area contributed by atoms with Crippen molar-refractivity contribution in [2.45, 2.75) is 13.0 Å². The molecule has 3 rings (SSSR count). The fraction of sp³-hybridized carbons (Fsp3) is 0.333. The standard InChI is InChI=1S/C15H16N2O3S/c1-9-2-3-11-10(6-9)7-12(20-11)15(18)17-4-5-19-13(8-17)14(16)21/h2-3,6-7,13H,4-5,8H2,1H3,(H2,16,21). The number of nitrogens with two attached hydrogens (primary N) is 1. The number of hydrogen-bond donors (Lipinski definition) is 1. The zero-order chi connectivity index (χ0) is 15.0. The van der Waals surface area contributed by atoms with E-state index in [1.165, 1.54) is 0 Å². The zero-order valence-corrected chi connectivity index (χ0v) is 12.5. The molecule has 0 bridgehead atoms. The van der Waals surface area contributed by atoms with Gasteiger partial charge in [0.1, 0.15) is 16.7 Å². The summed E-state index contributed by atoms with van der Waals surface area (Å²) >= 11 is 4.93. The number of hydrogen-bond acceptors (Lipinski definition) is 4. The number of nitrogens with zero attached hydrogens (tertiary/aromatic N) is 1. The van der Waals surface area contributed by atoms with E-state index in [0.29, 0.717) is 31.0 Å². The van der Waals surface area contributed by atoms with Gasteiger partial charge in [-0.15, -0.1) is 0 Å². The molecule has 0 radical (unpaired) electrons. The van der Waals surface area contributed by atoms with Crippen LogP contribution in [0, 0.1) is 6.92 Å². The van der Waals surface area contributed by atoms with Gasteiger partial charge in [0.2, 0.25) is 0 Å². The van der Waals surface area contributed by atoms with E-state index in [-0.39, 0.29) is 17.0 Å². The van der Waals surface area contributed by atoms with Gasteiger partial charge in [-0.1, -0.05) is 23.8 Å². The Morgan fingerprint density at radius 3 is 3.00 bits per heavy atom. The molecule has 2 N–H and O–H groups in total. The zero-order valence-electron chi connectivity index (χ0n) is 11.7. The maximum atomic E-state index is 12.5. The van der Waals surface area contributed by atoms with E-state index in [0.717, 1.165) is 10.9 Å². The molecule has 1 fully saturated rings. The number of morpholine rings is 1. The molecule has 6 heteroatoms. The Kier molecular flexibility index (Phi) is 3.65. The molecule has 0 saturated carbocycles. The van der Waals surface area contributed by atoms with Gasteiger partial charge in [-0.25, -0.2) is 0 Å². The summed E-state index contributed by atoms with van der Waals surface area (Å²) in [5.74, 6) is 0.174. The highest BCUT2D eigenvalue weighted by atomic mass is 32.1. The van der Waals surface area contributed by atoms with Crippen molar-refractivity contribution >= 4 is 34.1 Å². The van der Waals surface area contributed by atoms with Crippen LogP contribution in [0.1, 0.15) is 16.1 Å². The lowest BCUT2D eigenvalue weighted by Crippen LogP contribution is -2.49. The van der Waals surface area contributed by atoms with Crippen LogP contribution in [0.2, 0.25) is 0 Å². The maximum Gasteiger partial charge on any atom is 0.289 e. The van der Waals surface area contributed by atoms with Gasteiger partial charge < -0.3 is 19.8 Å². The third-order valence-electron chi connectivity index (χ3n) is 3.55. The molecule has 2 aromatic rings. The first-order valence-electron chi connectivity index (χ1n) is 6.75. The second kappa shape index (κ2) is 5.46. The van der Waals surface area contributed by atoms with Crippen molar-refractivity contribution in [3.8, 4) is 0 Å². The Morgan fingerprint density at radius 2 is 2.24 bits per heavy atom. The summed E-state index contributed by atoms with van der Waals surface area (Å²) in [5, 5.41) is 0.928. The highest BCUT2D eigenvalue weighted by molar-refractivity contribution is 7.80. The Morgan fingerprint density at radius 1 is 1.43 bits per heavy atom. The highest BCUT2D eigenvalue weighted by Gasteiger charge is 2.28. The van der Waals surface area contributed by atoms with Crippen LogP contribution in [0.25, 0.3) is 11.0 Å². The molecule has 1 aliphatic heterocycles. The molecular formula is C15H16N2O3S. The predicted octanol–water partition coefficient (Wildman–Crippen LogP) is 1.87. The van der Waals surface area contributed by atoms with Crippen LogP contribution >= 0.6 is 12.2 Å². The number of carbonyl (C=O) groups excluding carboxylic acids is 1. The fourth-order valence-corrected chi connectivity index (χ4v) is 2.57. The lowest BCUT2D eigenvalue weighted by atomic mass is 10.2. The summed E-state index contributed by atoms with van der Waals surface area (Å²) in [6.45, 7) is 3.30. The van der Waals surface area contributed by atoms with E-state index in [1.807, 2.05) is 25.1 Å². The summed E-state index contributed by atoms with van der Waals surface area (Å²) < 4.78 is 11.1. The summed E-state index contributed by atoms with van der Waals surface area (Å²) in [5.41, 5.74) is 7.43. The number of aryl methyl sites for hydroxylation is 1.